The quantitative estimate of drug-likeness (QED) is 0.288. The van der Waals surface area contributed by atoms with Gasteiger partial charge < -0.3 is 10.1 Å². The van der Waals surface area contributed by atoms with Gasteiger partial charge in [0.15, 0.2) is 0 Å². The molecule has 2 aromatic heterocycles. The van der Waals surface area contributed by atoms with Crippen molar-refractivity contribution in [1.82, 2.24) is 14.3 Å². The molecule has 0 spiro atoms. The zero-order valence-corrected chi connectivity index (χ0v) is 22.5. The predicted octanol–water partition coefficient (Wildman–Crippen LogP) is 6.39. The number of allylic oxidation sites excluding steroid dienone is 4. The number of methoxy groups -OCH3 is 1. The monoisotopic (exact) mass is 526 g/mol. The molecule has 2 heterocycles. The molecule has 1 N–H and O–H groups in total. The zero-order chi connectivity index (χ0) is 26.6. The fourth-order valence-corrected chi connectivity index (χ4v) is 5.68. The van der Waals surface area contributed by atoms with Crippen molar-refractivity contribution in [2.45, 2.75) is 49.1 Å². The summed E-state index contributed by atoms with van der Waals surface area (Å²) in [6, 6.07) is 15.4. The van der Waals surface area contributed by atoms with Crippen molar-refractivity contribution in [2.75, 3.05) is 12.4 Å². The number of pyridine rings is 1. The molecule has 8 heteroatoms. The number of ether oxygens (including phenoxy) is 1. The van der Waals surface area contributed by atoms with E-state index in [2.05, 4.69) is 17.2 Å². The van der Waals surface area contributed by atoms with Crippen molar-refractivity contribution in [3.8, 4) is 5.75 Å². The van der Waals surface area contributed by atoms with Crippen LogP contribution in [0.3, 0.4) is 0 Å². The molecule has 0 aliphatic heterocycles. The van der Waals surface area contributed by atoms with Gasteiger partial charge in [-0.05, 0) is 62.2 Å². The number of amides is 1. The number of benzene rings is 2. The van der Waals surface area contributed by atoms with Gasteiger partial charge in [-0.3, -0.25) is 19.3 Å². The van der Waals surface area contributed by atoms with Crippen molar-refractivity contribution in [1.29, 1.82) is 0 Å². The lowest BCUT2D eigenvalue weighted by atomic mass is 10.1. The maximum Gasteiger partial charge on any atom is 0.280 e. The number of anilines is 1. The van der Waals surface area contributed by atoms with Crippen LogP contribution in [-0.2, 0) is 6.54 Å². The van der Waals surface area contributed by atoms with Gasteiger partial charge >= 0.3 is 0 Å². The minimum atomic E-state index is -0.388. The highest BCUT2D eigenvalue weighted by atomic mass is 32.2. The van der Waals surface area contributed by atoms with Crippen molar-refractivity contribution in [3.05, 3.63) is 101 Å². The van der Waals surface area contributed by atoms with E-state index in [-0.39, 0.29) is 23.1 Å². The van der Waals surface area contributed by atoms with E-state index in [1.54, 1.807) is 29.8 Å². The molecule has 7 nitrogen and oxygen atoms in total. The van der Waals surface area contributed by atoms with E-state index in [0.29, 0.717) is 17.9 Å². The second-order valence-corrected chi connectivity index (χ2v) is 10.2. The average Bonchev–Trinajstić information content (AvgIpc) is 3.19. The van der Waals surface area contributed by atoms with Crippen molar-refractivity contribution >= 4 is 34.3 Å². The molecular formula is C30H30N4O3S. The lowest BCUT2D eigenvalue weighted by Gasteiger charge is -2.20. The summed E-state index contributed by atoms with van der Waals surface area (Å²) in [5, 5.41) is 3.97. The Morgan fingerprint density at radius 2 is 1.97 bits per heavy atom. The number of aromatic nitrogens is 3. The first-order valence-corrected chi connectivity index (χ1v) is 13.5. The van der Waals surface area contributed by atoms with Crippen molar-refractivity contribution in [3.63, 3.8) is 0 Å². The Balaban J connectivity index is 1.36. The Morgan fingerprint density at radius 1 is 1.16 bits per heavy atom. The van der Waals surface area contributed by atoms with Crippen LogP contribution in [0.2, 0.25) is 0 Å². The molecule has 194 valence electrons. The number of nitrogens with one attached hydrogen (secondary N) is 1. The molecule has 1 amide bonds. The van der Waals surface area contributed by atoms with E-state index in [0.717, 1.165) is 39.3 Å². The van der Waals surface area contributed by atoms with Crippen LogP contribution >= 0.6 is 11.8 Å². The summed E-state index contributed by atoms with van der Waals surface area (Å²) in [5.41, 5.74) is 2.13. The fraction of sp³-hybridized carbons (Fsp3) is 0.233. The SMILES string of the molecule is CCCn1c(C)c(C(=O)Nc2ccc(Sc3ccnc4cc(OC)ccc34)cc2)c(=O)n1C1C=CC=CC1. The molecule has 1 aliphatic carbocycles. The number of carbonyl (C=O) groups excluding carboxylic acids is 1. The Bertz CT molecular complexity index is 1600. The van der Waals surface area contributed by atoms with Crippen molar-refractivity contribution in [2.24, 2.45) is 0 Å². The van der Waals surface area contributed by atoms with Crippen LogP contribution in [0.1, 0.15) is 41.9 Å². The van der Waals surface area contributed by atoms with Gasteiger partial charge in [-0.2, -0.15) is 0 Å². The average molecular weight is 527 g/mol. The summed E-state index contributed by atoms with van der Waals surface area (Å²) < 4.78 is 8.98. The lowest BCUT2D eigenvalue weighted by Crippen LogP contribution is -2.30. The van der Waals surface area contributed by atoms with Gasteiger partial charge in [0.2, 0.25) is 0 Å². The van der Waals surface area contributed by atoms with E-state index >= 15 is 0 Å². The number of fused-ring (bicyclic) bond motifs is 1. The van der Waals surface area contributed by atoms with Crippen LogP contribution in [0.4, 0.5) is 5.69 Å². The molecule has 0 saturated heterocycles. The summed E-state index contributed by atoms with van der Waals surface area (Å²) in [6.07, 6.45) is 11.4. The first-order valence-electron chi connectivity index (χ1n) is 12.7. The summed E-state index contributed by atoms with van der Waals surface area (Å²) in [6.45, 7) is 4.58. The summed E-state index contributed by atoms with van der Waals surface area (Å²) >= 11 is 1.62. The minimum Gasteiger partial charge on any atom is -0.497 e. The van der Waals surface area contributed by atoms with Crippen LogP contribution in [0.15, 0.2) is 93.6 Å². The highest BCUT2D eigenvalue weighted by Crippen LogP contribution is 2.34. The number of nitrogens with zero attached hydrogens (tertiary/aromatic N) is 3. The summed E-state index contributed by atoms with van der Waals surface area (Å²) in [7, 11) is 1.64. The number of hydrogen-bond donors (Lipinski definition) is 1. The first kappa shape index (κ1) is 25.6. The molecule has 1 unspecified atom stereocenters. The highest BCUT2D eigenvalue weighted by Gasteiger charge is 2.26. The van der Waals surface area contributed by atoms with E-state index in [9.17, 15) is 9.59 Å². The second kappa shape index (κ2) is 11.1. The highest BCUT2D eigenvalue weighted by molar-refractivity contribution is 7.99. The molecule has 0 saturated carbocycles. The van der Waals surface area contributed by atoms with Gasteiger partial charge in [0.05, 0.1) is 24.4 Å². The summed E-state index contributed by atoms with van der Waals surface area (Å²) in [5.74, 6) is 0.382. The third-order valence-corrected chi connectivity index (χ3v) is 7.70. The third kappa shape index (κ3) is 5.04. The largest absolute Gasteiger partial charge is 0.497 e. The smallest absolute Gasteiger partial charge is 0.280 e. The standard InChI is InChI=1S/C30H30N4O3S/c1-4-18-33-20(2)28(30(36)34(33)22-8-6-5-7-9-22)29(35)32-21-10-13-24(14-11-21)38-27-16-17-31-26-19-23(37-3)12-15-25(26)27/h5-8,10-17,19,22H,4,9,18H2,1-3H3,(H,32,35). The van der Waals surface area contributed by atoms with Crippen LogP contribution < -0.4 is 15.6 Å². The van der Waals surface area contributed by atoms with Gasteiger partial charge in [0, 0.05) is 39.7 Å². The normalized spacial score (nSPS) is 14.7. The molecule has 1 atom stereocenters. The van der Waals surface area contributed by atoms with Crippen LogP contribution in [0, 0.1) is 6.92 Å². The van der Waals surface area contributed by atoms with Crippen LogP contribution in [0.25, 0.3) is 10.9 Å². The van der Waals surface area contributed by atoms with E-state index in [1.807, 2.05) is 84.4 Å². The predicted molar refractivity (Wildman–Crippen MR) is 152 cm³/mol. The maximum atomic E-state index is 13.4. The van der Waals surface area contributed by atoms with Gasteiger partial charge in [0.1, 0.15) is 11.3 Å². The molecule has 4 aromatic rings. The van der Waals surface area contributed by atoms with Gasteiger partial charge in [0.25, 0.3) is 11.5 Å². The zero-order valence-electron chi connectivity index (χ0n) is 21.7. The molecule has 0 fully saturated rings. The van der Waals surface area contributed by atoms with Gasteiger partial charge in [-0.25, -0.2) is 4.68 Å². The molecule has 1 aliphatic rings. The van der Waals surface area contributed by atoms with E-state index in [1.165, 1.54) is 0 Å². The Hall–Kier alpha value is -4.04. The molecule has 2 aromatic carbocycles. The molecule has 5 rings (SSSR count). The third-order valence-electron chi connectivity index (χ3n) is 6.62. The number of hydrogen-bond acceptors (Lipinski definition) is 5. The van der Waals surface area contributed by atoms with Gasteiger partial charge in [-0.1, -0.05) is 43.0 Å². The van der Waals surface area contributed by atoms with Gasteiger partial charge in [-0.15, -0.1) is 0 Å². The van der Waals surface area contributed by atoms with E-state index in [4.69, 9.17) is 4.74 Å². The summed E-state index contributed by atoms with van der Waals surface area (Å²) in [4.78, 5) is 33.3. The first-order chi connectivity index (χ1) is 18.5. The number of carbonyl (C=O) groups is 1. The minimum absolute atomic E-state index is 0.0963. The van der Waals surface area contributed by atoms with Crippen LogP contribution in [-0.4, -0.2) is 27.4 Å². The van der Waals surface area contributed by atoms with E-state index < -0.39 is 0 Å². The topological polar surface area (TPSA) is 78.2 Å². The Morgan fingerprint density at radius 3 is 2.68 bits per heavy atom. The molecule has 0 bridgehead atoms. The maximum absolute atomic E-state index is 13.4. The Kier molecular flexibility index (Phi) is 7.51. The fourth-order valence-electron chi connectivity index (χ4n) is 4.74. The second-order valence-electron chi connectivity index (χ2n) is 9.12. The van der Waals surface area contributed by atoms with Crippen LogP contribution in [0.5, 0.6) is 5.75 Å². The Labute approximate surface area is 225 Å². The number of rotatable bonds is 8. The molecule has 0 radical (unpaired) electrons. The lowest BCUT2D eigenvalue weighted by molar-refractivity contribution is 0.102. The molecule has 38 heavy (non-hydrogen) atoms. The molecular weight excluding hydrogens is 496 g/mol. The van der Waals surface area contributed by atoms with Crippen molar-refractivity contribution < 1.29 is 9.53 Å².